The molecule has 1 aromatic rings. The molecule has 0 saturated carbocycles. The van der Waals surface area contributed by atoms with E-state index in [9.17, 15) is 0 Å². The summed E-state index contributed by atoms with van der Waals surface area (Å²) in [5.41, 5.74) is 1.16. The van der Waals surface area contributed by atoms with Crippen LogP contribution in [0.25, 0.3) is 0 Å². The van der Waals surface area contributed by atoms with Crippen LogP contribution in [0.15, 0.2) is 4.99 Å². The van der Waals surface area contributed by atoms with Gasteiger partial charge in [0.25, 0.3) is 0 Å². The predicted molar refractivity (Wildman–Crippen MR) is 109 cm³/mol. The molecule has 128 valence electrons. The first-order valence-corrected chi connectivity index (χ1v) is 8.87. The van der Waals surface area contributed by atoms with Crippen molar-refractivity contribution in [2.45, 2.75) is 53.9 Å². The van der Waals surface area contributed by atoms with Crippen LogP contribution in [0, 0.1) is 19.8 Å². The van der Waals surface area contributed by atoms with E-state index in [0.29, 0.717) is 5.92 Å². The van der Waals surface area contributed by atoms with Gasteiger partial charge in [-0.2, -0.15) is 0 Å². The van der Waals surface area contributed by atoms with Gasteiger partial charge in [-0.1, -0.05) is 26.7 Å². The zero-order valence-electron chi connectivity index (χ0n) is 14.5. The summed E-state index contributed by atoms with van der Waals surface area (Å²) < 4.78 is 0. The van der Waals surface area contributed by atoms with Gasteiger partial charge in [-0.3, -0.25) is 4.99 Å². The Morgan fingerprint density at radius 3 is 2.36 bits per heavy atom. The molecule has 1 heterocycles. The topological polar surface area (TPSA) is 49.3 Å². The highest BCUT2D eigenvalue weighted by Gasteiger charge is 2.05. The molecule has 4 nitrogen and oxygen atoms in total. The van der Waals surface area contributed by atoms with E-state index in [1.54, 1.807) is 11.3 Å². The van der Waals surface area contributed by atoms with Crippen molar-refractivity contribution in [3.8, 4) is 0 Å². The molecule has 0 aliphatic carbocycles. The van der Waals surface area contributed by atoms with Crippen molar-refractivity contribution in [3.63, 3.8) is 0 Å². The minimum Gasteiger partial charge on any atom is -0.357 e. The number of rotatable bonds is 8. The van der Waals surface area contributed by atoms with Crippen LogP contribution in [0.2, 0.25) is 0 Å². The smallest absolute Gasteiger partial charge is 0.191 e. The number of nitrogens with zero attached hydrogens (tertiary/aromatic N) is 2. The van der Waals surface area contributed by atoms with E-state index in [1.807, 2.05) is 0 Å². The number of hydrogen-bond acceptors (Lipinski definition) is 3. The van der Waals surface area contributed by atoms with E-state index < -0.39 is 0 Å². The Morgan fingerprint density at radius 2 is 1.86 bits per heavy atom. The molecule has 2 N–H and O–H groups in total. The van der Waals surface area contributed by atoms with Gasteiger partial charge in [-0.05, 0) is 26.7 Å². The van der Waals surface area contributed by atoms with E-state index in [1.165, 1.54) is 22.7 Å². The summed E-state index contributed by atoms with van der Waals surface area (Å²) in [6, 6.07) is 0. The maximum Gasteiger partial charge on any atom is 0.191 e. The van der Waals surface area contributed by atoms with Crippen molar-refractivity contribution in [2.24, 2.45) is 10.9 Å². The van der Waals surface area contributed by atoms with E-state index in [0.717, 1.165) is 37.7 Å². The number of nitrogens with one attached hydrogen (secondary N) is 2. The Bertz CT molecular complexity index is 422. The van der Waals surface area contributed by atoms with Crippen molar-refractivity contribution in [1.82, 2.24) is 15.6 Å². The van der Waals surface area contributed by atoms with Gasteiger partial charge in [0.2, 0.25) is 0 Å². The molecule has 1 rings (SSSR count). The highest BCUT2D eigenvalue weighted by Crippen LogP contribution is 2.16. The molecule has 0 saturated heterocycles. The van der Waals surface area contributed by atoms with E-state index >= 15 is 0 Å². The first kappa shape index (κ1) is 21.6. The van der Waals surface area contributed by atoms with Crippen LogP contribution in [-0.4, -0.2) is 30.6 Å². The fraction of sp³-hybridized carbons (Fsp3) is 0.750. The Labute approximate surface area is 156 Å². The van der Waals surface area contributed by atoms with Gasteiger partial charge >= 0.3 is 0 Å². The lowest BCUT2D eigenvalue weighted by molar-refractivity contribution is 0.504. The molecule has 0 amide bonds. The van der Waals surface area contributed by atoms with E-state index in [-0.39, 0.29) is 24.0 Å². The zero-order chi connectivity index (χ0) is 15.7. The molecule has 0 aliphatic rings. The number of hydrogen-bond donors (Lipinski definition) is 2. The van der Waals surface area contributed by atoms with Crippen LogP contribution >= 0.6 is 35.3 Å². The molecule has 0 bridgehead atoms. The Balaban J connectivity index is 0.00000441. The molecule has 0 aliphatic heterocycles. The predicted octanol–water partition coefficient (Wildman–Crippen LogP) is 3.91. The van der Waals surface area contributed by atoms with Gasteiger partial charge < -0.3 is 10.6 Å². The minimum atomic E-state index is 0. The third kappa shape index (κ3) is 7.76. The van der Waals surface area contributed by atoms with Crippen LogP contribution in [0.3, 0.4) is 0 Å². The second kappa shape index (κ2) is 12.1. The SMILES string of the molecule is CCNC(=NCC(CC)CC)NCCc1nc(C)c(C)s1.I. The highest BCUT2D eigenvalue weighted by atomic mass is 127. The van der Waals surface area contributed by atoms with Gasteiger partial charge in [-0.25, -0.2) is 4.98 Å². The molecule has 0 radical (unpaired) electrons. The fourth-order valence-electron chi connectivity index (χ4n) is 2.04. The largest absolute Gasteiger partial charge is 0.357 e. The molecular formula is C16H31IN4S. The Kier molecular flexibility index (Phi) is 11.9. The van der Waals surface area contributed by atoms with Crippen molar-refractivity contribution in [2.75, 3.05) is 19.6 Å². The molecule has 0 unspecified atom stereocenters. The van der Waals surface area contributed by atoms with E-state index in [4.69, 9.17) is 0 Å². The summed E-state index contributed by atoms with van der Waals surface area (Å²) in [7, 11) is 0. The molecule has 1 aromatic heterocycles. The van der Waals surface area contributed by atoms with Crippen molar-refractivity contribution in [1.29, 1.82) is 0 Å². The summed E-state index contributed by atoms with van der Waals surface area (Å²) in [5.74, 6) is 1.61. The maximum absolute atomic E-state index is 4.69. The summed E-state index contributed by atoms with van der Waals surface area (Å²) in [5, 5.41) is 7.92. The van der Waals surface area contributed by atoms with Gasteiger partial charge in [0.15, 0.2) is 5.96 Å². The number of aromatic nitrogens is 1. The van der Waals surface area contributed by atoms with Gasteiger partial charge in [-0.15, -0.1) is 35.3 Å². The summed E-state index contributed by atoms with van der Waals surface area (Å²) in [6.45, 7) is 13.4. The maximum atomic E-state index is 4.69. The molecule has 6 heteroatoms. The third-order valence-corrected chi connectivity index (χ3v) is 4.84. The van der Waals surface area contributed by atoms with Gasteiger partial charge in [0, 0.05) is 30.9 Å². The van der Waals surface area contributed by atoms with Crippen molar-refractivity contribution >= 4 is 41.3 Å². The standard InChI is InChI=1S/C16H30N4S.HI/c1-6-14(7-2)11-19-16(17-8-3)18-10-9-15-20-12(4)13(5)21-15;/h14H,6-11H2,1-5H3,(H2,17,18,19);1H. The fourth-order valence-corrected chi connectivity index (χ4v) is 2.98. The average molecular weight is 438 g/mol. The summed E-state index contributed by atoms with van der Waals surface area (Å²) >= 11 is 1.79. The third-order valence-electron chi connectivity index (χ3n) is 3.71. The average Bonchev–Trinajstić information content (AvgIpc) is 2.78. The minimum absolute atomic E-state index is 0. The first-order chi connectivity index (χ1) is 10.1. The lowest BCUT2D eigenvalue weighted by atomic mass is 10.0. The molecule has 22 heavy (non-hydrogen) atoms. The number of halogens is 1. The van der Waals surface area contributed by atoms with Crippen LogP contribution in [0.1, 0.15) is 49.2 Å². The zero-order valence-corrected chi connectivity index (χ0v) is 17.7. The summed E-state index contributed by atoms with van der Waals surface area (Å²) in [6.07, 6.45) is 3.34. The molecular weight excluding hydrogens is 407 g/mol. The van der Waals surface area contributed by atoms with Crippen LogP contribution < -0.4 is 10.6 Å². The van der Waals surface area contributed by atoms with E-state index in [2.05, 4.69) is 55.2 Å². The lowest BCUT2D eigenvalue weighted by Crippen LogP contribution is -2.38. The van der Waals surface area contributed by atoms with Crippen molar-refractivity contribution in [3.05, 3.63) is 15.6 Å². The number of thiazole rings is 1. The van der Waals surface area contributed by atoms with Crippen LogP contribution in [0.4, 0.5) is 0 Å². The Hall–Kier alpha value is -0.370. The lowest BCUT2D eigenvalue weighted by Gasteiger charge is -2.13. The number of aliphatic imine (C=N–C) groups is 1. The normalized spacial score (nSPS) is 11.5. The highest BCUT2D eigenvalue weighted by molar-refractivity contribution is 14.0. The summed E-state index contributed by atoms with van der Waals surface area (Å²) in [4.78, 5) is 10.6. The number of aryl methyl sites for hydroxylation is 2. The molecule has 0 fully saturated rings. The van der Waals surface area contributed by atoms with Crippen molar-refractivity contribution < 1.29 is 0 Å². The molecule has 0 atom stereocenters. The number of guanidine groups is 1. The quantitative estimate of drug-likeness (QED) is 0.368. The monoisotopic (exact) mass is 438 g/mol. The van der Waals surface area contributed by atoms with Gasteiger partial charge in [0.1, 0.15) is 0 Å². The first-order valence-electron chi connectivity index (χ1n) is 8.05. The molecule has 0 aromatic carbocycles. The van der Waals surface area contributed by atoms with Crippen LogP contribution in [-0.2, 0) is 6.42 Å². The Morgan fingerprint density at radius 1 is 1.18 bits per heavy atom. The second-order valence-corrected chi connectivity index (χ2v) is 6.62. The van der Waals surface area contributed by atoms with Gasteiger partial charge in [0.05, 0.1) is 10.7 Å². The van der Waals surface area contributed by atoms with Crippen LogP contribution in [0.5, 0.6) is 0 Å². The second-order valence-electron chi connectivity index (χ2n) is 5.33. The molecule has 0 spiro atoms.